The molecular weight excluding hydrogens is 380 g/mol. The molecule has 0 spiro atoms. The molecule has 2 heterocycles. The molecule has 1 aliphatic carbocycles. The lowest BCUT2D eigenvalue weighted by Crippen LogP contribution is -2.35. The molecular formula is C25H22O5. The van der Waals surface area contributed by atoms with Gasteiger partial charge in [0.2, 0.25) is 0 Å². The van der Waals surface area contributed by atoms with Gasteiger partial charge in [-0.2, -0.15) is 0 Å². The maximum Gasteiger partial charge on any atom is 0.344 e. The highest BCUT2D eigenvalue weighted by molar-refractivity contribution is 6.01. The monoisotopic (exact) mass is 402 g/mol. The van der Waals surface area contributed by atoms with Crippen LogP contribution in [0.15, 0.2) is 69.1 Å². The Morgan fingerprint density at radius 3 is 2.53 bits per heavy atom. The fourth-order valence-corrected chi connectivity index (χ4v) is 4.67. The summed E-state index contributed by atoms with van der Waals surface area (Å²) in [6.45, 7) is 4.12. The highest BCUT2D eigenvalue weighted by Gasteiger charge is 2.44. The van der Waals surface area contributed by atoms with E-state index in [0.29, 0.717) is 46.8 Å². The zero-order valence-corrected chi connectivity index (χ0v) is 17.2. The first kappa shape index (κ1) is 18.7. The molecule has 0 bridgehead atoms. The first-order chi connectivity index (χ1) is 14.4. The van der Waals surface area contributed by atoms with Gasteiger partial charge in [0.05, 0.1) is 24.0 Å². The summed E-state index contributed by atoms with van der Waals surface area (Å²) in [5, 5.41) is 0.717. The normalized spacial score (nSPS) is 19.8. The van der Waals surface area contributed by atoms with Crippen LogP contribution in [0.4, 0.5) is 0 Å². The van der Waals surface area contributed by atoms with Crippen molar-refractivity contribution < 1.29 is 18.7 Å². The number of ketones is 1. The van der Waals surface area contributed by atoms with E-state index < -0.39 is 11.5 Å². The minimum absolute atomic E-state index is 0.00429. The highest BCUT2D eigenvalue weighted by Crippen LogP contribution is 2.51. The molecule has 1 unspecified atom stereocenters. The maximum atomic E-state index is 13.3. The van der Waals surface area contributed by atoms with Gasteiger partial charge in [0.15, 0.2) is 5.78 Å². The SMILES string of the molecule is COc1ccccc1C1C2=C(CC(C)(C)CC2=O)Oc2c1c(=O)oc1ccccc21. The summed E-state index contributed by atoms with van der Waals surface area (Å²) < 4.78 is 17.5. The van der Waals surface area contributed by atoms with E-state index in [9.17, 15) is 9.59 Å². The Kier molecular flexibility index (Phi) is 4.10. The van der Waals surface area contributed by atoms with Gasteiger partial charge in [-0.3, -0.25) is 4.79 Å². The summed E-state index contributed by atoms with van der Waals surface area (Å²) in [4.78, 5) is 26.4. The van der Waals surface area contributed by atoms with E-state index in [1.54, 1.807) is 13.2 Å². The first-order valence-corrected chi connectivity index (χ1v) is 10.0. The van der Waals surface area contributed by atoms with Crippen LogP contribution in [0.5, 0.6) is 11.5 Å². The van der Waals surface area contributed by atoms with Gasteiger partial charge >= 0.3 is 5.63 Å². The molecule has 0 N–H and O–H groups in total. The second kappa shape index (κ2) is 6.59. The molecule has 5 heteroatoms. The maximum absolute atomic E-state index is 13.3. The molecule has 2 aromatic carbocycles. The number of fused-ring (bicyclic) bond motifs is 3. The van der Waals surface area contributed by atoms with Gasteiger partial charge in [0.1, 0.15) is 22.8 Å². The number of Topliss-reactive ketones (excluding diaryl/α,β-unsaturated/α-hetero) is 1. The molecule has 1 aliphatic heterocycles. The van der Waals surface area contributed by atoms with Gasteiger partial charge in [-0.05, 0) is 23.6 Å². The van der Waals surface area contributed by atoms with Crippen molar-refractivity contribution in [3.8, 4) is 11.5 Å². The number of methoxy groups -OCH3 is 1. The lowest BCUT2D eigenvalue weighted by Gasteiger charge is -2.38. The van der Waals surface area contributed by atoms with Crippen molar-refractivity contribution >= 4 is 16.8 Å². The Morgan fingerprint density at radius 2 is 1.73 bits per heavy atom. The molecule has 0 radical (unpaired) electrons. The second-order valence-corrected chi connectivity index (χ2v) is 8.68. The fraction of sp³-hybridized carbons (Fsp3) is 0.280. The quantitative estimate of drug-likeness (QED) is 0.566. The number of allylic oxidation sites excluding steroid dienone is 2. The Morgan fingerprint density at radius 1 is 1.00 bits per heavy atom. The molecule has 5 nitrogen and oxygen atoms in total. The predicted octanol–water partition coefficient (Wildman–Crippen LogP) is 4.97. The standard InChI is InChI=1S/C25H22O5/c1-25(2)12-16(26)21-19(13-25)29-23-15-9-5-7-11-18(15)30-24(27)22(23)20(21)14-8-4-6-10-17(14)28-3/h4-11,20H,12-13H2,1-3H3. The van der Waals surface area contributed by atoms with Crippen LogP contribution in [-0.4, -0.2) is 12.9 Å². The number of hydrogen-bond acceptors (Lipinski definition) is 5. The number of ether oxygens (including phenoxy) is 2. The van der Waals surface area contributed by atoms with E-state index >= 15 is 0 Å². The first-order valence-electron chi connectivity index (χ1n) is 10.0. The average Bonchev–Trinajstić information content (AvgIpc) is 2.71. The van der Waals surface area contributed by atoms with Gasteiger partial charge in [0, 0.05) is 24.0 Å². The van der Waals surface area contributed by atoms with Crippen molar-refractivity contribution in [2.45, 2.75) is 32.6 Å². The van der Waals surface area contributed by atoms with Gasteiger partial charge in [-0.25, -0.2) is 4.79 Å². The third-order valence-electron chi connectivity index (χ3n) is 5.93. The largest absolute Gasteiger partial charge is 0.496 e. The van der Waals surface area contributed by atoms with E-state index in [4.69, 9.17) is 13.9 Å². The Balaban J connectivity index is 1.87. The summed E-state index contributed by atoms with van der Waals surface area (Å²) in [6, 6.07) is 14.8. The molecule has 0 saturated carbocycles. The number of rotatable bonds is 2. The molecule has 152 valence electrons. The van der Waals surface area contributed by atoms with E-state index in [0.717, 1.165) is 10.9 Å². The minimum Gasteiger partial charge on any atom is -0.496 e. The molecule has 30 heavy (non-hydrogen) atoms. The van der Waals surface area contributed by atoms with E-state index in [1.165, 1.54) is 0 Å². The molecule has 5 rings (SSSR count). The third-order valence-corrected chi connectivity index (χ3v) is 5.93. The van der Waals surface area contributed by atoms with Crippen molar-refractivity contribution in [2.75, 3.05) is 7.11 Å². The zero-order chi connectivity index (χ0) is 21.0. The lowest BCUT2D eigenvalue weighted by molar-refractivity contribution is -0.118. The van der Waals surface area contributed by atoms with Crippen molar-refractivity contribution in [1.82, 2.24) is 0 Å². The Bertz CT molecular complexity index is 1280. The number of carbonyl (C=O) groups is 1. The van der Waals surface area contributed by atoms with Crippen LogP contribution >= 0.6 is 0 Å². The molecule has 0 saturated heterocycles. The van der Waals surface area contributed by atoms with E-state index in [1.807, 2.05) is 42.5 Å². The number of benzene rings is 2. The van der Waals surface area contributed by atoms with Crippen molar-refractivity contribution in [3.05, 3.63) is 81.4 Å². The van der Waals surface area contributed by atoms with Gasteiger partial charge in [-0.15, -0.1) is 0 Å². The Hall–Kier alpha value is -3.34. The van der Waals surface area contributed by atoms with Crippen LogP contribution < -0.4 is 15.1 Å². The molecule has 2 aliphatic rings. The van der Waals surface area contributed by atoms with Crippen molar-refractivity contribution in [2.24, 2.45) is 5.41 Å². The predicted molar refractivity (Wildman–Crippen MR) is 113 cm³/mol. The van der Waals surface area contributed by atoms with Crippen molar-refractivity contribution in [1.29, 1.82) is 0 Å². The van der Waals surface area contributed by atoms with Crippen LogP contribution in [0.1, 0.15) is 43.7 Å². The topological polar surface area (TPSA) is 65.7 Å². The summed E-state index contributed by atoms with van der Waals surface area (Å²) in [5.74, 6) is 1.13. The van der Waals surface area contributed by atoms with Crippen LogP contribution in [0.3, 0.4) is 0 Å². The zero-order valence-electron chi connectivity index (χ0n) is 17.2. The summed E-state index contributed by atoms with van der Waals surface area (Å²) in [7, 11) is 1.59. The van der Waals surface area contributed by atoms with Gasteiger partial charge < -0.3 is 13.9 Å². The second-order valence-electron chi connectivity index (χ2n) is 8.68. The molecule has 3 aromatic rings. The average molecular weight is 402 g/mol. The fourth-order valence-electron chi connectivity index (χ4n) is 4.67. The van der Waals surface area contributed by atoms with E-state index in [-0.39, 0.29) is 11.2 Å². The van der Waals surface area contributed by atoms with Crippen molar-refractivity contribution in [3.63, 3.8) is 0 Å². The molecule has 0 fully saturated rings. The Labute approximate surface area is 173 Å². The number of para-hydroxylation sites is 2. The van der Waals surface area contributed by atoms with Crippen LogP contribution in [-0.2, 0) is 4.79 Å². The molecule has 0 amide bonds. The van der Waals surface area contributed by atoms with Crippen LogP contribution in [0, 0.1) is 5.41 Å². The van der Waals surface area contributed by atoms with Crippen LogP contribution in [0.25, 0.3) is 11.0 Å². The van der Waals surface area contributed by atoms with Gasteiger partial charge in [0.25, 0.3) is 0 Å². The molecule has 1 atom stereocenters. The number of hydrogen-bond donors (Lipinski definition) is 0. The third kappa shape index (κ3) is 2.76. The minimum atomic E-state index is -0.593. The number of carbonyl (C=O) groups excluding carboxylic acids is 1. The smallest absolute Gasteiger partial charge is 0.344 e. The summed E-state index contributed by atoms with van der Waals surface area (Å²) in [5.41, 5.74) is 1.40. The summed E-state index contributed by atoms with van der Waals surface area (Å²) in [6.07, 6.45) is 1.02. The highest BCUT2D eigenvalue weighted by atomic mass is 16.5. The van der Waals surface area contributed by atoms with Gasteiger partial charge in [-0.1, -0.05) is 44.2 Å². The lowest BCUT2D eigenvalue weighted by atomic mass is 9.70. The molecule has 1 aromatic heterocycles. The van der Waals surface area contributed by atoms with E-state index in [2.05, 4.69) is 13.8 Å². The van der Waals surface area contributed by atoms with Crippen LogP contribution in [0.2, 0.25) is 0 Å². The summed E-state index contributed by atoms with van der Waals surface area (Å²) >= 11 is 0.